The van der Waals surface area contributed by atoms with Gasteiger partial charge in [-0.2, -0.15) is 0 Å². The Hall–Kier alpha value is -2.15. The molecule has 1 aromatic carbocycles. The lowest BCUT2D eigenvalue weighted by atomic mass is 10.1. The molecule has 0 aromatic heterocycles. The van der Waals surface area contributed by atoms with Gasteiger partial charge in [-0.05, 0) is 30.9 Å². The minimum atomic E-state index is -0.635. The van der Waals surface area contributed by atoms with Crippen molar-refractivity contribution in [1.29, 1.82) is 0 Å². The minimum Gasteiger partial charge on any atom is -0.508 e. The van der Waals surface area contributed by atoms with Crippen LogP contribution in [0.15, 0.2) is 18.2 Å². The first-order valence-corrected chi connectivity index (χ1v) is 6.79. The summed E-state index contributed by atoms with van der Waals surface area (Å²) in [5.74, 6) is -0.0341. The van der Waals surface area contributed by atoms with Gasteiger partial charge in [0.25, 0.3) is 11.6 Å². The Morgan fingerprint density at radius 3 is 2.86 bits per heavy atom. The van der Waals surface area contributed by atoms with Crippen molar-refractivity contribution in [3.63, 3.8) is 0 Å². The van der Waals surface area contributed by atoms with Crippen molar-refractivity contribution in [2.45, 2.75) is 12.8 Å². The topological polar surface area (TPSA) is 92.9 Å². The van der Waals surface area contributed by atoms with Gasteiger partial charge in [-0.15, -0.1) is 0 Å². The molecule has 1 saturated carbocycles. The second-order valence-electron chi connectivity index (χ2n) is 5.20. The van der Waals surface area contributed by atoms with Crippen LogP contribution in [-0.4, -0.2) is 47.6 Å². The lowest BCUT2D eigenvalue weighted by molar-refractivity contribution is -0.385. The molecule has 1 amide bonds. The summed E-state index contributed by atoms with van der Waals surface area (Å²) >= 11 is 0. The number of hydrogen-bond donors (Lipinski definition) is 1. The summed E-state index contributed by atoms with van der Waals surface area (Å²) in [7, 11) is 1.55. The molecule has 1 aromatic rings. The molecule has 114 valence electrons. The van der Waals surface area contributed by atoms with Gasteiger partial charge in [-0.1, -0.05) is 0 Å². The number of nitro groups is 1. The van der Waals surface area contributed by atoms with Crippen molar-refractivity contribution in [2.24, 2.45) is 5.92 Å². The number of carbonyl (C=O) groups excluding carboxylic acids is 1. The minimum absolute atomic E-state index is 0.121. The maximum atomic E-state index is 12.2. The first-order valence-electron chi connectivity index (χ1n) is 6.79. The molecule has 0 aliphatic heterocycles. The Labute approximate surface area is 122 Å². The van der Waals surface area contributed by atoms with Crippen LogP contribution < -0.4 is 0 Å². The first-order chi connectivity index (χ1) is 9.99. The van der Waals surface area contributed by atoms with Crippen LogP contribution in [0.1, 0.15) is 23.2 Å². The average molecular weight is 294 g/mol. The number of rotatable bonds is 7. The molecule has 1 N–H and O–H groups in total. The van der Waals surface area contributed by atoms with E-state index >= 15 is 0 Å². The highest BCUT2D eigenvalue weighted by Crippen LogP contribution is 2.28. The number of phenolic OH excluding ortho intramolecular Hbond substituents is 1. The third kappa shape index (κ3) is 4.16. The van der Waals surface area contributed by atoms with E-state index < -0.39 is 10.8 Å². The van der Waals surface area contributed by atoms with Crippen molar-refractivity contribution in [2.75, 3.05) is 26.8 Å². The maximum absolute atomic E-state index is 12.2. The van der Waals surface area contributed by atoms with Crippen molar-refractivity contribution < 1.29 is 19.6 Å². The molecule has 0 radical (unpaired) electrons. The van der Waals surface area contributed by atoms with Crippen molar-refractivity contribution in [3.8, 4) is 5.75 Å². The third-order valence-electron chi connectivity index (χ3n) is 3.38. The zero-order chi connectivity index (χ0) is 15.4. The number of carbonyl (C=O) groups is 1. The van der Waals surface area contributed by atoms with Gasteiger partial charge in [0.05, 0.1) is 11.5 Å². The van der Waals surface area contributed by atoms with E-state index in [4.69, 9.17) is 4.74 Å². The Morgan fingerprint density at radius 1 is 1.52 bits per heavy atom. The van der Waals surface area contributed by atoms with Gasteiger partial charge in [0.1, 0.15) is 11.3 Å². The van der Waals surface area contributed by atoms with Crippen LogP contribution in [0, 0.1) is 16.0 Å². The maximum Gasteiger partial charge on any atom is 0.282 e. The summed E-state index contributed by atoms with van der Waals surface area (Å²) < 4.78 is 5.44. The number of aromatic hydroxyl groups is 1. The van der Waals surface area contributed by atoms with Crippen LogP contribution in [0.25, 0.3) is 0 Å². The molecule has 0 saturated heterocycles. The second-order valence-corrected chi connectivity index (χ2v) is 5.20. The quantitative estimate of drug-likeness (QED) is 0.470. The molecule has 7 nitrogen and oxygen atoms in total. The van der Waals surface area contributed by atoms with Gasteiger partial charge < -0.3 is 14.7 Å². The standard InChI is InChI=1S/C14H18N2O5/c1-15(6-7-21-9-10-2-3-10)14(18)12-8-11(17)4-5-13(12)16(19)20/h4-5,8,10,17H,2-3,6-7,9H2,1H3. The predicted octanol–water partition coefficient (Wildman–Crippen LogP) is 1.80. The van der Waals surface area contributed by atoms with Crippen LogP contribution in [0.4, 0.5) is 5.69 Å². The van der Waals surface area contributed by atoms with E-state index in [1.807, 2.05) is 0 Å². The van der Waals surface area contributed by atoms with Gasteiger partial charge in [0.15, 0.2) is 0 Å². The summed E-state index contributed by atoms with van der Waals surface area (Å²) in [6, 6.07) is 3.43. The van der Waals surface area contributed by atoms with Crippen LogP contribution in [0.2, 0.25) is 0 Å². The highest BCUT2D eigenvalue weighted by molar-refractivity contribution is 5.98. The normalized spacial score (nSPS) is 14.0. The Balaban J connectivity index is 1.96. The molecule has 7 heteroatoms. The molecule has 1 aliphatic rings. The monoisotopic (exact) mass is 294 g/mol. The lowest BCUT2D eigenvalue weighted by Gasteiger charge is -2.17. The van der Waals surface area contributed by atoms with E-state index in [9.17, 15) is 20.0 Å². The number of benzene rings is 1. The van der Waals surface area contributed by atoms with E-state index in [0.29, 0.717) is 25.7 Å². The molecular weight excluding hydrogens is 276 g/mol. The number of nitrogens with zero attached hydrogens (tertiary/aromatic N) is 2. The smallest absolute Gasteiger partial charge is 0.282 e. The van der Waals surface area contributed by atoms with E-state index in [2.05, 4.69) is 0 Å². The fraction of sp³-hybridized carbons (Fsp3) is 0.500. The molecule has 0 heterocycles. The molecule has 21 heavy (non-hydrogen) atoms. The zero-order valence-electron chi connectivity index (χ0n) is 11.8. The number of likely N-dealkylation sites (N-methyl/N-ethyl adjacent to an activating group) is 1. The van der Waals surface area contributed by atoms with E-state index in [1.165, 1.54) is 23.8 Å². The van der Waals surface area contributed by atoms with Crippen molar-refractivity contribution >= 4 is 11.6 Å². The molecule has 0 bridgehead atoms. The first kappa shape index (κ1) is 15.2. The van der Waals surface area contributed by atoms with Crippen LogP contribution >= 0.6 is 0 Å². The Bertz CT molecular complexity index is 542. The number of nitro benzene ring substituents is 1. The summed E-state index contributed by atoms with van der Waals surface area (Å²) in [6.45, 7) is 1.44. The molecular formula is C14H18N2O5. The van der Waals surface area contributed by atoms with Gasteiger partial charge in [-0.3, -0.25) is 14.9 Å². The van der Waals surface area contributed by atoms with E-state index in [0.717, 1.165) is 12.1 Å². The third-order valence-corrected chi connectivity index (χ3v) is 3.38. The zero-order valence-corrected chi connectivity index (χ0v) is 11.8. The van der Waals surface area contributed by atoms with Gasteiger partial charge in [0, 0.05) is 26.3 Å². The highest BCUT2D eigenvalue weighted by atomic mass is 16.6. The summed E-state index contributed by atoms with van der Waals surface area (Å²) in [6.07, 6.45) is 2.40. The van der Waals surface area contributed by atoms with Crippen molar-refractivity contribution in [1.82, 2.24) is 4.90 Å². The van der Waals surface area contributed by atoms with Crippen LogP contribution in [-0.2, 0) is 4.74 Å². The number of phenols is 1. The number of ether oxygens (including phenoxy) is 1. The SMILES string of the molecule is CN(CCOCC1CC1)C(=O)c1cc(O)ccc1[N+](=O)[O-]. The molecule has 0 unspecified atom stereocenters. The number of hydrogen-bond acceptors (Lipinski definition) is 5. The Morgan fingerprint density at radius 2 is 2.24 bits per heavy atom. The summed E-state index contributed by atoms with van der Waals surface area (Å²) in [5.41, 5.74) is -0.437. The van der Waals surface area contributed by atoms with Gasteiger partial charge in [-0.25, -0.2) is 0 Å². The Kier molecular flexibility index (Phi) is 4.74. The summed E-state index contributed by atoms with van der Waals surface area (Å²) in [4.78, 5) is 23.9. The molecule has 0 spiro atoms. The molecule has 0 atom stereocenters. The highest BCUT2D eigenvalue weighted by Gasteiger charge is 2.24. The van der Waals surface area contributed by atoms with Gasteiger partial charge in [0.2, 0.25) is 0 Å². The molecule has 1 fully saturated rings. The second kappa shape index (κ2) is 6.53. The largest absolute Gasteiger partial charge is 0.508 e. The lowest BCUT2D eigenvalue weighted by Crippen LogP contribution is -2.30. The van der Waals surface area contributed by atoms with Gasteiger partial charge >= 0.3 is 0 Å². The van der Waals surface area contributed by atoms with Crippen LogP contribution in [0.5, 0.6) is 5.75 Å². The van der Waals surface area contributed by atoms with Crippen molar-refractivity contribution in [3.05, 3.63) is 33.9 Å². The molecule has 1 aliphatic carbocycles. The van der Waals surface area contributed by atoms with Crippen LogP contribution in [0.3, 0.4) is 0 Å². The fourth-order valence-corrected chi connectivity index (χ4v) is 1.90. The summed E-state index contributed by atoms with van der Waals surface area (Å²) in [5, 5.41) is 20.3. The van der Waals surface area contributed by atoms with E-state index in [-0.39, 0.29) is 17.0 Å². The molecule has 2 rings (SSSR count). The fourth-order valence-electron chi connectivity index (χ4n) is 1.90. The van der Waals surface area contributed by atoms with E-state index in [1.54, 1.807) is 7.05 Å². The average Bonchev–Trinajstić information content (AvgIpc) is 3.26. The predicted molar refractivity (Wildman–Crippen MR) is 75.3 cm³/mol. The number of amides is 1.